The van der Waals surface area contributed by atoms with Gasteiger partial charge in [0.1, 0.15) is 0 Å². The molecule has 0 radical (unpaired) electrons. The van der Waals surface area contributed by atoms with Crippen LogP contribution < -0.4 is 0 Å². The van der Waals surface area contributed by atoms with Gasteiger partial charge in [0.05, 0.1) is 0 Å². The molecule has 0 fully saturated rings. The highest BCUT2D eigenvalue weighted by Crippen LogP contribution is 2.21. The van der Waals surface area contributed by atoms with Crippen molar-refractivity contribution in [2.45, 2.75) is 26.5 Å². The molecule has 0 saturated carbocycles. The predicted octanol–water partition coefficient (Wildman–Crippen LogP) is 5.55. The fraction of sp³-hybridized carbons (Fsp3) is 0.294. The first-order valence-electron chi connectivity index (χ1n) is 6.44. The van der Waals surface area contributed by atoms with E-state index in [0.29, 0.717) is 0 Å². The van der Waals surface area contributed by atoms with Crippen molar-refractivity contribution in [2.75, 3.05) is 6.26 Å². The fourth-order valence-electron chi connectivity index (χ4n) is 1.71. The monoisotopic (exact) mass is 258 g/mol. The maximum atomic E-state index is 2.21. The van der Waals surface area contributed by atoms with Gasteiger partial charge in [0, 0.05) is 5.75 Å². The molecule has 2 aromatic carbocycles. The summed E-state index contributed by atoms with van der Waals surface area (Å²) in [6, 6.07) is 17.5. The highest BCUT2D eigenvalue weighted by molar-refractivity contribution is 7.97. The molecule has 0 heterocycles. The van der Waals surface area contributed by atoms with E-state index in [4.69, 9.17) is 0 Å². The molecular weight excluding hydrogens is 236 g/mol. The fourth-order valence-corrected chi connectivity index (χ4v) is 2.23. The Labute approximate surface area is 115 Å². The van der Waals surface area contributed by atoms with Crippen molar-refractivity contribution in [2.24, 2.45) is 0 Å². The van der Waals surface area contributed by atoms with Crippen LogP contribution in [0.15, 0.2) is 48.5 Å². The molecule has 1 heteroatoms. The van der Waals surface area contributed by atoms with Crippen LogP contribution in [0.25, 0.3) is 11.1 Å². The molecule has 0 N–H and O–H groups in total. The zero-order valence-corrected chi connectivity index (χ0v) is 12.6. The summed E-state index contributed by atoms with van der Waals surface area (Å²) < 4.78 is 0. The first kappa shape index (κ1) is 14.8. The smallest absolute Gasteiger partial charge is 0.0181 e. The molecule has 0 amide bonds. The van der Waals surface area contributed by atoms with Crippen LogP contribution in [0.3, 0.4) is 0 Å². The average Bonchev–Trinajstić information content (AvgIpc) is 2.43. The number of hydrogen-bond acceptors (Lipinski definition) is 1. The van der Waals surface area contributed by atoms with Crippen LogP contribution in [-0.2, 0) is 5.75 Å². The van der Waals surface area contributed by atoms with Crippen LogP contribution in [0.5, 0.6) is 0 Å². The van der Waals surface area contributed by atoms with Gasteiger partial charge in [0.15, 0.2) is 0 Å². The quantitative estimate of drug-likeness (QED) is 0.695. The van der Waals surface area contributed by atoms with Crippen molar-refractivity contribution in [1.29, 1.82) is 0 Å². The third-order valence-electron chi connectivity index (χ3n) is 2.65. The normalized spacial score (nSPS) is 9.56. The third-order valence-corrected chi connectivity index (χ3v) is 3.27. The van der Waals surface area contributed by atoms with Gasteiger partial charge in [-0.2, -0.15) is 11.8 Å². The summed E-state index contributed by atoms with van der Waals surface area (Å²) in [6.07, 6.45) is 2.13. The van der Waals surface area contributed by atoms with Gasteiger partial charge in [-0.05, 0) is 29.9 Å². The van der Waals surface area contributed by atoms with Crippen molar-refractivity contribution >= 4 is 11.8 Å². The molecule has 2 aromatic rings. The largest absolute Gasteiger partial charge is 0.161 e. The molecule has 96 valence electrons. The van der Waals surface area contributed by atoms with Gasteiger partial charge in [-0.15, -0.1) is 0 Å². The van der Waals surface area contributed by atoms with Crippen molar-refractivity contribution in [1.82, 2.24) is 0 Å². The predicted molar refractivity (Wildman–Crippen MR) is 85.2 cm³/mol. The Hall–Kier alpha value is -1.21. The minimum atomic E-state index is 1.09. The number of benzene rings is 2. The van der Waals surface area contributed by atoms with Crippen LogP contribution in [0.2, 0.25) is 0 Å². The number of rotatable bonds is 3. The molecule has 0 spiro atoms. The Morgan fingerprint density at radius 2 is 1.22 bits per heavy atom. The molecule has 0 aliphatic heterocycles. The second-order valence-corrected chi connectivity index (χ2v) is 4.86. The first-order chi connectivity index (χ1) is 8.79. The molecule has 0 saturated heterocycles. The molecule has 0 aromatic heterocycles. The van der Waals surface area contributed by atoms with Gasteiger partial charge in [0.25, 0.3) is 0 Å². The van der Waals surface area contributed by atoms with Gasteiger partial charge in [-0.3, -0.25) is 0 Å². The second kappa shape index (κ2) is 7.99. The van der Waals surface area contributed by atoms with Crippen LogP contribution in [-0.4, -0.2) is 6.26 Å². The SMILES string of the molecule is CC.CSCc1ccc(-c2ccc(C)cc2)cc1. The van der Waals surface area contributed by atoms with Gasteiger partial charge in [-0.1, -0.05) is 67.9 Å². The van der Waals surface area contributed by atoms with E-state index in [1.54, 1.807) is 0 Å². The Balaban J connectivity index is 0.000000771. The molecule has 0 nitrogen and oxygen atoms in total. The highest BCUT2D eigenvalue weighted by Gasteiger charge is 1.97. The number of aryl methyl sites for hydroxylation is 1. The highest BCUT2D eigenvalue weighted by atomic mass is 32.2. The lowest BCUT2D eigenvalue weighted by Gasteiger charge is -2.04. The van der Waals surface area contributed by atoms with E-state index in [1.165, 1.54) is 22.3 Å². The molecule has 18 heavy (non-hydrogen) atoms. The van der Waals surface area contributed by atoms with Crippen LogP contribution >= 0.6 is 11.8 Å². The molecule has 0 bridgehead atoms. The summed E-state index contributed by atoms with van der Waals surface area (Å²) in [5.41, 5.74) is 5.29. The number of thioether (sulfide) groups is 1. The summed E-state index contributed by atoms with van der Waals surface area (Å²) in [4.78, 5) is 0. The van der Waals surface area contributed by atoms with Crippen molar-refractivity contribution in [3.63, 3.8) is 0 Å². The van der Waals surface area contributed by atoms with Gasteiger partial charge in [0.2, 0.25) is 0 Å². The average molecular weight is 258 g/mol. The van der Waals surface area contributed by atoms with Gasteiger partial charge in [-0.25, -0.2) is 0 Å². The molecule has 2 rings (SSSR count). The maximum absolute atomic E-state index is 2.21. The summed E-state index contributed by atoms with van der Waals surface area (Å²) in [5, 5.41) is 0. The molecule has 0 aliphatic carbocycles. The third kappa shape index (κ3) is 4.23. The van der Waals surface area contributed by atoms with E-state index >= 15 is 0 Å². The van der Waals surface area contributed by atoms with E-state index in [9.17, 15) is 0 Å². The minimum absolute atomic E-state index is 1.09. The Bertz CT molecular complexity index is 440. The van der Waals surface area contributed by atoms with E-state index < -0.39 is 0 Å². The van der Waals surface area contributed by atoms with E-state index in [2.05, 4.69) is 61.7 Å². The lowest BCUT2D eigenvalue weighted by Crippen LogP contribution is -1.82. The lowest BCUT2D eigenvalue weighted by molar-refractivity contribution is 1.41. The Morgan fingerprint density at radius 1 is 0.778 bits per heavy atom. The van der Waals surface area contributed by atoms with Crippen LogP contribution in [0.1, 0.15) is 25.0 Å². The molecule has 0 aliphatic rings. The zero-order chi connectivity index (χ0) is 13.4. The molecule has 0 atom stereocenters. The summed E-state index contributed by atoms with van der Waals surface area (Å²) >= 11 is 1.86. The van der Waals surface area contributed by atoms with Crippen molar-refractivity contribution in [3.8, 4) is 11.1 Å². The number of hydrogen-bond donors (Lipinski definition) is 0. The van der Waals surface area contributed by atoms with Crippen molar-refractivity contribution in [3.05, 3.63) is 59.7 Å². The first-order valence-corrected chi connectivity index (χ1v) is 7.84. The standard InChI is InChI=1S/C15H16S.C2H6/c1-12-3-7-14(8-4-12)15-9-5-13(6-10-15)11-16-2;1-2/h3-10H,11H2,1-2H3;1-2H3. The van der Waals surface area contributed by atoms with E-state index in [1.807, 2.05) is 25.6 Å². The summed E-state index contributed by atoms with van der Waals surface area (Å²) in [6.45, 7) is 6.12. The lowest BCUT2D eigenvalue weighted by atomic mass is 10.0. The Kier molecular flexibility index (Phi) is 6.59. The van der Waals surface area contributed by atoms with Crippen LogP contribution in [0.4, 0.5) is 0 Å². The summed E-state index contributed by atoms with van der Waals surface area (Å²) in [7, 11) is 0. The van der Waals surface area contributed by atoms with Crippen molar-refractivity contribution < 1.29 is 0 Å². The second-order valence-electron chi connectivity index (χ2n) is 4.00. The van der Waals surface area contributed by atoms with Gasteiger partial charge >= 0.3 is 0 Å². The Morgan fingerprint density at radius 3 is 1.67 bits per heavy atom. The van der Waals surface area contributed by atoms with Gasteiger partial charge < -0.3 is 0 Å². The topological polar surface area (TPSA) is 0 Å². The zero-order valence-electron chi connectivity index (χ0n) is 11.7. The molecule has 0 unspecified atom stereocenters. The molecular formula is C17H22S. The minimum Gasteiger partial charge on any atom is -0.161 e. The van der Waals surface area contributed by atoms with Crippen LogP contribution in [0, 0.1) is 6.92 Å². The van der Waals surface area contributed by atoms with E-state index in [0.717, 1.165) is 5.75 Å². The maximum Gasteiger partial charge on any atom is 0.0181 e. The van der Waals surface area contributed by atoms with E-state index in [-0.39, 0.29) is 0 Å². The summed E-state index contributed by atoms with van der Waals surface area (Å²) in [5.74, 6) is 1.09.